The second kappa shape index (κ2) is 7.60. The van der Waals surface area contributed by atoms with Gasteiger partial charge in [-0.15, -0.1) is 11.8 Å². The van der Waals surface area contributed by atoms with E-state index in [1.807, 2.05) is 6.07 Å². The van der Waals surface area contributed by atoms with Gasteiger partial charge in [0.25, 0.3) is 0 Å². The summed E-state index contributed by atoms with van der Waals surface area (Å²) in [6.45, 7) is 0.820. The van der Waals surface area contributed by atoms with Gasteiger partial charge in [0, 0.05) is 16.2 Å². The number of aliphatic hydroxyl groups excluding tert-OH is 1. The zero-order valence-corrected chi connectivity index (χ0v) is 15.7. The number of aryl methyl sites for hydroxylation is 1. The van der Waals surface area contributed by atoms with E-state index < -0.39 is 36.3 Å². The average molecular weight is 410 g/mol. The summed E-state index contributed by atoms with van der Waals surface area (Å²) in [6.07, 6.45) is -4.58. The van der Waals surface area contributed by atoms with Crippen molar-refractivity contribution in [2.45, 2.75) is 18.0 Å². The van der Waals surface area contributed by atoms with Crippen LogP contribution in [0.4, 0.5) is 13.2 Å². The predicted octanol–water partition coefficient (Wildman–Crippen LogP) is 4.14. The Hall–Kier alpha value is -2.32. The summed E-state index contributed by atoms with van der Waals surface area (Å²) in [6, 6.07) is 9.29. The molecule has 2 aromatic carbocycles. The molecule has 2 aromatic rings. The number of ketones is 1. The van der Waals surface area contributed by atoms with E-state index in [1.165, 1.54) is 17.8 Å². The molecule has 1 aliphatic rings. The smallest absolute Gasteiger partial charge is 0.416 e. The maximum atomic E-state index is 13.0. The highest BCUT2D eigenvalue weighted by Gasteiger charge is 2.44. The highest BCUT2D eigenvalue weighted by molar-refractivity contribution is 7.99. The summed E-state index contributed by atoms with van der Waals surface area (Å²) in [4.78, 5) is 26.1. The number of aliphatic hydroxyl groups is 1. The number of hydrogen-bond donors (Lipinski definition) is 1. The molecule has 0 amide bonds. The molecule has 1 heterocycles. The molecule has 0 radical (unpaired) electrons. The van der Waals surface area contributed by atoms with Gasteiger partial charge in [0.15, 0.2) is 5.78 Å². The molecule has 1 unspecified atom stereocenters. The molecule has 28 heavy (non-hydrogen) atoms. The van der Waals surface area contributed by atoms with E-state index in [2.05, 4.69) is 0 Å². The molecule has 0 saturated carbocycles. The molecule has 0 aliphatic carbocycles. The van der Waals surface area contributed by atoms with Crippen LogP contribution in [-0.2, 0) is 10.9 Å². The van der Waals surface area contributed by atoms with Crippen LogP contribution < -0.4 is 0 Å². The largest absolute Gasteiger partial charge is 0.461 e. The van der Waals surface area contributed by atoms with E-state index >= 15 is 0 Å². The van der Waals surface area contributed by atoms with E-state index in [0.717, 1.165) is 22.6 Å². The van der Waals surface area contributed by atoms with Crippen LogP contribution in [0.15, 0.2) is 47.4 Å². The van der Waals surface area contributed by atoms with Crippen molar-refractivity contribution in [1.29, 1.82) is 0 Å². The van der Waals surface area contributed by atoms with Crippen molar-refractivity contribution < 1.29 is 32.6 Å². The standard InChI is InChI=1S/C20H17F3O4S/c1-12-4-2-7-15-16(12)17(25)19(9-24,11-28-15)10-27-18(26)13-5-3-6-14(8-13)20(21,22)23/h2-8,24H,9-11H2,1H3. The van der Waals surface area contributed by atoms with Gasteiger partial charge in [-0.2, -0.15) is 13.2 Å². The SMILES string of the molecule is Cc1cccc2c1C(=O)C(CO)(COC(=O)c1cccc(C(F)(F)F)c1)CS2. The van der Waals surface area contributed by atoms with Gasteiger partial charge >= 0.3 is 12.1 Å². The molecule has 4 nitrogen and oxygen atoms in total. The molecule has 1 atom stereocenters. The molecule has 3 rings (SSSR count). The lowest BCUT2D eigenvalue weighted by Crippen LogP contribution is -2.45. The van der Waals surface area contributed by atoms with Crippen molar-refractivity contribution in [3.8, 4) is 0 Å². The second-order valence-corrected chi connectivity index (χ2v) is 7.68. The van der Waals surface area contributed by atoms with Gasteiger partial charge in [-0.25, -0.2) is 4.79 Å². The lowest BCUT2D eigenvalue weighted by molar-refractivity contribution is -0.137. The van der Waals surface area contributed by atoms with Crippen LogP contribution in [0.5, 0.6) is 0 Å². The molecular formula is C20H17F3O4S. The average Bonchev–Trinajstić information content (AvgIpc) is 2.67. The van der Waals surface area contributed by atoms with E-state index in [9.17, 15) is 27.9 Å². The number of ether oxygens (including phenoxy) is 1. The first-order valence-electron chi connectivity index (χ1n) is 8.40. The second-order valence-electron chi connectivity index (χ2n) is 6.66. The number of rotatable bonds is 4. The lowest BCUT2D eigenvalue weighted by atomic mass is 9.81. The molecule has 8 heteroatoms. The van der Waals surface area contributed by atoms with Gasteiger partial charge in [0.1, 0.15) is 12.0 Å². The number of alkyl halides is 3. The summed E-state index contributed by atoms with van der Waals surface area (Å²) in [5, 5.41) is 9.89. The first-order chi connectivity index (χ1) is 13.2. The van der Waals surface area contributed by atoms with E-state index in [4.69, 9.17) is 4.74 Å². The Morgan fingerprint density at radius 3 is 2.64 bits per heavy atom. The van der Waals surface area contributed by atoms with Gasteiger partial charge < -0.3 is 9.84 Å². The Bertz CT molecular complexity index is 926. The normalized spacial score (nSPS) is 19.2. The Labute approximate surface area is 163 Å². The molecule has 148 valence electrons. The number of esters is 1. The van der Waals surface area contributed by atoms with Crippen molar-refractivity contribution in [1.82, 2.24) is 0 Å². The molecule has 1 aliphatic heterocycles. The van der Waals surface area contributed by atoms with Crippen molar-refractivity contribution in [2.24, 2.45) is 5.41 Å². The number of carbonyl (C=O) groups is 2. The number of thioether (sulfide) groups is 1. The van der Waals surface area contributed by atoms with Crippen LogP contribution in [0.3, 0.4) is 0 Å². The fourth-order valence-electron chi connectivity index (χ4n) is 2.98. The number of carbonyl (C=O) groups excluding carboxylic acids is 2. The molecule has 0 saturated heterocycles. The molecule has 0 bridgehead atoms. The Balaban J connectivity index is 1.80. The summed E-state index contributed by atoms with van der Waals surface area (Å²) in [5.74, 6) is -1.11. The zero-order valence-electron chi connectivity index (χ0n) is 14.9. The van der Waals surface area contributed by atoms with Crippen molar-refractivity contribution in [2.75, 3.05) is 19.0 Å². The maximum absolute atomic E-state index is 13.0. The molecule has 0 spiro atoms. The first-order valence-corrected chi connectivity index (χ1v) is 9.39. The minimum atomic E-state index is -4.58. The van der Waals surface area contributed by atoms with Crippen LogP contribution in [0.1, 0.15) is 31.8 Å². The van der Waals surface area contributed by atoms with E-state index in [0.29, 0.717) is 11.6 Å². The highest BCUT2D eigenvalue weighted by atomic mass is 32.2. The number of halogens is 3. The Morgan fingerprint density at radius 2 is 1.96 bits per heavy atom. The molecule has 0 aromatic heterocycles. The number of hydrogen-bond acceptors (Lipinski definition) is 5. The Morgan fingerprint density at radius 1 is 1.25 bits per heavy atom. The highest BCUT2D eigenvalue weighted by Crippen LogP contribution is 2.41. The van der Waals surface area contributed by atoms with Gasteiger partial charge in [-0.1, -0.05) is 18.2 Å². The lowest BCUT2D eigenvalue weighted by Gasteiger charge is -2.34. The third-order valence-electron chi connectivity index (χ3n) is 4.66. The van der Waals surface area contributed by atoms with Gasteiger partial charge in [0.05, 0.1) is 17.7 Å². The number of fused-ring (bicyclic) bond motifs is 1. The number of benzene rings is 2. The van der Waals surface area contributed by atoms with Gasteiger partial charge in [-0.3, -0.25) is 4.79 Å². The summed E-state index contributed by atoms with van der Waals surface area (Å²) >= 11 is 1.37. The summed E-state index contributed by atoms with van der Waals surface area (Å²) in [5.41, 5.74) is -1.34. The minimum absolute atomic E-state index is 0.203. The Kier molecular flexibility index (Phi) is 5.54. The van der Waals surface area contributed by atoms with Crippen LogP contribution in [0.2, 0.25) is 0 Å². The van der Waals surface area contributed by atoms with Crippen molar-refractivity contribution in [3.05, 3.63) is 64.7 Å². The van der Waals surface area contributed by atoms with Crippen molar-refractivity contribution >= 4 is 23.5 Å². The third-order valence-corrected chi connectivity index (χ3v) is 6.00. The minimum Gasteiger partial charge on any atom is -0.461 e. The first kappa shape index (κ1) is 20.4. The summed E-state index contributed by atoms with van der Waals surface area (Å²) < 4.78 is 43.6. The predicted molar refractivity (Wildman–Crippen MR) is 97.5 cm³/mol. The van der Waals surface area contributed by atoms with E-state index in [1.54, 1.807) is 19.1 Å². The topological polar surface area (TPSA) is 63.6 Å². The number of Topliss-reactive ketones (excluding diaryl/α,β-unsaturated/α-hetero) is 1. The monoisotopic (exact) mass is 410 g/mol. The third kappa shape index (κ3) is 3.79. The van der Waals surface area contributed by atoms with Crippen molar-refractivity contribution in [3.63, 3.8) is 0 Å². The van der Waals surface area contributed by atoms with Gasteiger partial charge in [0.2, 0.25) is 0 Å². The van der Waals surface area contributed by atoms with Crippen LogP contribution in [0.25, 0.3) is 0 Å². The van der Waals surface area contributed by atoms with Crippen LogP contribution >= 0.6 is 11.8 Å². The molecule has 1 N–H and O–H groups in total. The van der Waals surface area contributed by atoms with Crippen LogP contribution in [-0.4, -0.2) is 35.8 Å². The zero-order chi connectivity index (χ0) is 20.5. The molecule has 0 fully saturated rings. The fourth-order valence-corrected chi connectivity index (χ4v) is 4.29. The maximum Gasteiger partial charge on any atom is 0.416 e. The fraction of sp³-hybridized carbons (Fsp3) is 0.300. The quantitative estimate of drug-likeness (QED) is 0.768. The molecular weight excluding hydrogens is 393 g/mol. The van der Waals surface area contributed by atoms with Gasteiger partial charge in [-0.05, 0) is 36.8 Å². The van der Waals surface area contributed by atoms with E-state index in [-0.39, 0.29) is 17.1 Å². The van der Waals surface area contributed by atoms with Crippen LogP contribution in [0, 0.1) is 12.3 Å². The summed E-state index contributed by atoms with van der Waals surface area (Å²) in [7, 11) is 0.